The second kappa shape index (κ2) is 12.5. The molecule has 0 unspecified atom stereocenters. The normalized spacial score (nSPS) is 10.8. The molecule has 6 nitrogen and oxygen atoms in total. The number of ether oxygens (including phenoxy) is 1. The Hall–Kier alpha value is -1.82. The molecule has 0 spiro atoms. The molecule has 0 radical (unpaired) electrons. The van der Waals surface area contributed by atoms with Crippen molar-refractivity contribution < 1.29 is 14.3 Å². The maximum atomic E-state index is 12.9. The van der Waals surface area contributed by atoms with E-state index in [1.165, 1.54) is 0 Å². The van der Waals surface area contributed by atoms with E-state index in [0.29, 0.717) is 32.7 Å². The van der Waals surface area contributed by atoms with Crippen molar-refractivity contribution in [3.63, 3.8) is 0 Å². The van der Waals surface area contributed by atoms with Crippen molar-refractivity contribution >= 4 is 11.8 Å². The molecule has 1 aromatic rings. The summed E-state index contributed by atoms with van der Waals surface area (Å²) in [6.45, 7) is 6.48. The number of nitrogens with zero attached hydrogens (tertiary/aromatic N) is 3. The lowest BCUT2D eigenvalue weighted by Crippen LogP contribution is -2.44. The van der Waals surface area contributed by atoms with Crippen LogP contribution >= 0.6 is 0 Å². The zero-order valence-corrected chi connectivity index (χ0v) is 16.9. The van der Waals surface area contributed by atoms with Crippen LogP contribution in [-0.2, 0) is 27.9 Å². The lowest BCUT2D eigenvalue weighted by molar-refractivity contribution is -0.141. The van der Waals surface area contributed by atoms with Crippen molar-refractivity contribution in [2.75, 3.05) is 33.4 Å². The van der Waals surface area contributed by atoms with Crippen LogP contribution in [0.1, 0.15) is 51.6 Å². The number of rotatable bonds is 13. The van der Waals surface area contributed by atoms with E-state index in [0.717, 1.165) is 31.4 Å². The van der Waals surface area contributed by atoms with Crippen LogP contribution in [0.2, 0.25) is 0 Å². The number of amides is 2. The molecule has 0 bridgehead atoms. The van der Waals surface area contributed by atoms with Gasteiger partial charge in [-0.1, -0.05) is 26.7 Å². The number of hydrogen-bond acceptors (Lipinski definition) is 3. The molecule has 148 valence electrons. The first kappa shape index (κ1) is 22.2. The second-order valence-corrected chi connectivity index (χ2v) is 6.69. The molecule has 0 aliphatic rings. The molecule has 0 saturated carbocycles. The Morgan fingerprint density at radius 3 is 2.38 bits per heavy atom. The zero-order valence-electron chi connectivity index (χ0n) is 16.9. The summed E-state index contributed by atoms with van der Waals surface area (Å²) < 4.78 is 7.14. The van der Waals surface area contributed by atoms with Crippen LogP contribution in [0, 0.1) is 0 Å². The van der Waals surface area contributed by atoms with Crippen molar-refractivity contribution in [3.05, 3.63) is 24.0 Å². The maximum Gasteiger partial charge on any atom is 0.242 e. The highest BCUT2D eigenvalue weighted by atomic mass is 16.5. The van der Waals surface area contributed by atoms with Gasteiger partial charge in [-0.15, -0.1) is 0 Å². The molecule has 1 aromatic heterocycles. The smallest absolute Gasteiger partial charge is 0.242 e. The summed E-state index contributed by atoms with van der Waals surface area (Å²) in [5.74, 6) is 0.0344. The first-order valence-corrected chi connectivity index (χ1v) is 9.68. The average Bonchev–Trinajstić information content (AvgIpc) is 3.04. The van der Waals surface area contributed by atoms with Crippen molar-refractivity contribution in [3.8, 4) is 0 Å². The van der Waals surface area contributed by atoms with Crippen LogP contribution in [0.25, 0.3) is 0 Å². The molecule has 1 heterocycles. The van der Waals surface area contributed by atoms with E-state index < -0.39 is 0 Å². The van der Waals surface area contributed by atoms with E-state index in [-0.39, 0.29) is 18.4 Å². The third-order valence-electron chi connectivity index (χ3n) is 4.53. The Bertz CT molecular complexity index is 542. The first-order chi connectivity index (χ1) is 12.5. The third kappa shape index (κ3) is 7.60. The highest BCUT2D eigenvalue weighted by molar-refractivity contribution is 5.84. The molecule has 0 fully saturated rings. The molecule has 1 rings (SSSR count). The molecule has 0 aliphatic carbocycles. The summed E-state index contributed by atoms with van der Waals surface area (Å²) in [7, 11) is 3.59. The summed E-state index contributed by atoms with van der Waals surface area (Å²) in [4.78, 5) is 28.9. The number of aryl methyl sites for hydroxylation is 1. The largest absolute Gasteiger partial charge is 0.383 e. The highest BCUT2D eigenvalue weighted by Crippen LogP contribution is 2.09. The van der Waals surface area contributed by atoms with Gasteiger partial charge in [0.1, 0.15) is 0 Å². The quantitative estimate of drug-likeness (QED) is 0.540. The monoisotopic (exact) mass is 365 g/mol. The summed E-state index contributed by atoms with van der Waals surface area (Å²) in [6, 6.07) is 4.01. The van der Waals surface area contributed by atoms with Gasteiger partial charge in [-0.2, -0.15) is 0 Å². The van der Waals surface area contributed by atoms with Gasteiger partial charge in [-0.05, 0) is 25.0 Å². The van der Waals surface area contributed by atoms with E-state index in [1.54, 1.807) is 12.0 Å². The molecular weight excluding hydrogens is 330 g/mol. The van der Waals surface area contributed by atoms with Crippen molar-refractivity contribution in [2.24, 2.45) is 7.05 Å². The minimum Gasteiger partial charge on any atom is -0.383 e. The molecule has 0 atom stereocenters. The van der Waals surface area contributed by atoms with E-state index in [9.17, 15) is 9.59 Å². The Labute approximate surface area is 158 Å². The lowest BCUT2D eigenvalue weighted by atomic mass is 10.2. The fraction of sp³-hybridized carbons (Fsp3) is 0.700. The topological polar surface area (TPSA) is 54.8 Å². The zero-order chi connectivity index (χ0) is 19.4. The summed E-state index contributed by atoms with van der Waals surface area (Å²) in [5.41, 5.74) is 1.09. The lowest BCUT2D eigenvalue weighted by Gasteiger charge is -2.28. The minimum atomic E-state index is 0.000557. The molecule has 0 aromatic carbocycles. The van der Waals surface area contributed by atoms with Crippen LogP contribution in [-0.4, -0.2) is 59.5 Å². The second-order valence-electron chi connectivity index (χ2n) is 6.69. The molecular formula is C20H35N3O3. The fourth-order valence-corrected chi connectivity index (χ4v) is 2.74. The maximum absolute atomic E-state index is 12.9. The molecule has 2 amide bonds. The van der Waals surface area contributed by atoms with E-state index >= 15 is 0 Å². The molecule has 0 saturated heterocycles. The van der Waals surface area contributed by atoms with E-state index in [2.05, 4.69) is 13.8 Å². The Kier molecular flexibility index (Phi) is 10.7. The van der Waals surface area contributed by atoms with E-state index in [4.69, 9.17) is 4.74 Å². The van der Waals surface area contributed by atoms with Gasteiger partial charge in [0.05, 0.1) is 19.7 Å². The molecule has 0 N–H and O–H groups in total. The molecule has 26 heavy (non-hydrogen) atoms. The van der Waals surface area contributed by atoms with Gasteiger partial charge < -0.3 is 19.1 Å². The Morgan fingerprint density at radius 2 is 1.81 bits per heavy atom. The predicted octanol–water partition coefficient (Wildman–Crippen LogP) is 2.82. The van der Waals surface area contributed by atoms with Crippen molar-refractivity contribution in [1.82, 2.24) is 14.4 Å². The van der Waals surface area contributed by atoms with E-state index in [1.807, 2.05) is 34.8 Å². The highest BCUT2D eigenvalue weighted by Gasteiger charge is 2.21. The number of aromatic nitrogens is 1. The summed E-state index contributed by atoms with van der Waals surface area (Å²) in [5, 5.41) is 0. The summed E-state index contributed by atoms with van der Waals surface area (Å²) in [6.07, 6.45) is 6.27. The molecule has 6 heteroatoms. The minimum absolute atomic E-state index is 0.000557. The third-order valence-corrected chi connectivity index (χ3v) is 4.53. The van der Waals surface area contributed by atoms with Gasteiger partial charge in [0.2, 0.25) is 11.8 Å². The number of hydrogen-bond donors (Lipinski definition) is 0. The molecule has 0 aliphatic heterocycles. The number of methoxy groups -OCH3 is 1. The number of unbranched alkanes of at least 4 members (excludes halogenated alkanes) is 2. The standard InChI is InChI=1S/C20H35N3O3/c1-5-7-11-19(24)23(14-15-26-4)17-20(25)22(13-8-6-2)16-18-10-9-12-21(18)3/h9-10,12H,5-8,11,13-17H2,1-4H3. The van der Waals surface area contributed by atoms with Crippen molar-refractivity contribution in [2.45, 2.75) is 52.5 Å². The van der Waals surface area contributed by atoms with Gasteiger partial charge in [0.15, 0.2) is 0 Å². The Balaban J connectivity index is 2.78. The Morgan fingerprint density at radius 1 is 1.08 bits per heavy atom. The van der Waals surface area contributed by atoms with Crippen LogP contribution in [0.5, 0.6) is 0 Å². The van der Waals surface area contributed by atoms with Crippen LogP contribution in [0.3, 0.4) is 0 Å². The predicted molar refractivity (Wildman–Crippen MR) is 104 cm³/mol. The number of carbonyl (C=O) groups excluding carboxylic acids is 2. The van der Waals surface area contributed by atoms with Gasteiger partial charge in [0, 0.05) is 45.6 Å². The van der Waals surface area contributed by atoms with Crippen LogP contribution in [0.15, 0.2) is 18.3 Å². The van der Waals surface area contributed by atoms with Crippen molar-refractivity contribution in [1.29, 1.82) is 0 Å². The van der Waals surface area contributed by atoms with Gasteiger partial charge in [-0.3, -0.25) is 9.59 Å². The SMILES string of the molecule is CCCCC(=O)N(CCOC)CC(=O)N(CCCC)Cc1cccn1C. The first-order valence-electron chi connectivity index (χ1n) is 9.68. The fourth-order valence-electron chi connectivity index (χ4n) is 2.74. The average molecular weight is 366 g/mol. The van der Waals surface area contributed by atoms with Gasteiger partial charge in [-0.25, -0.2) is 0 Å². The number of carbonyl (C=O) groups is 2. The van der Waals surface area contributed by atoms with Gasteiger partial charge >= 0.3 is 0 Å². The van der Waals surface area contributed by atoms with Crippen LogP contribution < -0.4 is 0 Å². The van der Waals surface area contributed by atoms with Crippen LogP contribution in [0.4, 0.5) is 0 Å². The summed E-state index contributed by atoms with van der Waals surface area (Å²) >= 11 is 0. The van der Waals surface area contributed by atoms with Gasteiger partial charge in [0.25, 0.3) is 0 Å².